The minimum absolute atomic E-state index is 0.0223. The van der Waals surface area contributed by atoms with E-state index in [1.54, 1.807) is 39.0 Å². The topological polar surface area (TPSA) is 125 Å². The van der Waals surface area contributed by atoms with Crippen molar-refractivity contribution in [1.29, 1.82) is 0 Å². The fourth-order valence-electron chi connectivity index (χ4n) is 3.24. The molecule has 2 amide bonds. The summed E-state index contributed by atoms with van der Waals surface area (Å²) in [6, 6.07) is 4.19. The molecule has 0 saturated carbocycles. The molecule has 1 aliphatic heterocycles. The summed E-state index contributed by atoms with van der Waals surface area (Å²) in [7, 11) is 0. The molecule has 0 bridgehead atoms. The zero-order valence-electron chi connectivity index (χ0n) is 18.2. The molecule has 0 saturated heterocycles. The van der Waals surface area contributed by atoms with Crippen molar-refractivity contribution in [3.8, 4) is 5.75 Å². The van der Waals surface area contributed by atoms with Crippen molar-refractivity contribution in [3.63, 3.8) is 0 Å². The van der Waals surface area contributed by atoms with Gasteiger partial charge in [0.2, 0.25) is 5.91 Å². The zero-order valence-corrected chi connectivity index (χ0v) is 18.2. The Morgan fingerprint density at radius 2 is 2.00 bits per heavy atom. The smallest absolute Gasteiger partial charge is 0.306 e. The lowest BCUT2D eigenvalue weighted by Gasteiger charge is -2.25. The van der Waals surface area contributed by atoms with Crippen molar-refractivity contribution in [2.45, 2.75) is 58.2 Å². The van der Waals surface area contributed by atoms with Crippen LogP contribution < -0.4 is 10.5 Å². The van der Waals surface area contributed by atoms with Crippen LogP contribution in [-0.2, 0) is 30.4 Å². The van der Waals surface area contributed by atoms with Gasteiger partial charge in [-0.3, -0.25) is 14.4 Å². The van der Waals surface area contributed by atoms with Crippen LogP contribution in [0.1, 0.15) is 56.0 Å². The molecule has 1 heterocycles. The lowest BCUT2D eigenvalue weighted by Crippen LogP contribution is -2.45. The van der Waals surface area contributed by atoms with E-state index in [0.29, 0.717) is 37.2 Å². The molecule has 31 heavy (non-hydrogen) atoms. The first-order chi connectivity index (χ1) is 14.6. The fourth-order valence-corrected chi connectivity index (χ4v) is 3.24. The predicted molar refractivity (Wildman–Crippen MR) is 111 cm³/mol. The quantitative estimate of drug-likeness (QED) is 0.301. The van der Waals surface area contributed by atoms with Crippen molar-refractivity contribution >= 4 is 24.1 Å². The highest BCUT2D eigenvalue weighted by Gasteiger charge is 2.36. The molecule has 0 aliphatic carbocycles. The number of carbonyl (C=O) groups excluding carboxylic acids is 4. The third-order valence-corrected chi connectivity index (χ3v) is 4.54. The lowest BCUT2D eigenvalue weighted by atomic mass is 10.1. The van der Waals surface area contributed by atoms with Crippen LogP contribution in [-0.4, -0.2) is 60.4 Å². The molecule has 1 aromatic carbocycles. The summed E-state index contributed by atoms with van der Waals surface area (Å²) in [6.45, 7) is 6.35. The first-order valence-corrected chi connectivity index (χ1v) is 10.2. The van der Waals surface area contributed by atoms with Crippen molar-refractivity contribution < 1.29 is 33.4 Å². The third kappa shape index (κ3) is 7.36. The van der Waals surface area contributed by atoms with Crippen LogP contribution in [0.3, 0.4) is 0 Å². The molecule has 0 radical (unpaired) electrons. The maximum Gasteiger partial charge on any atom is 0.306 e. The average Bonchev–Trinajstić information content (AvgIpc) is 2.99. The largest absolute Gasteiger partial charge is 0.493 e. The SMILES string of the molecule is CC(C)(C)OC(=O)CCC(C(N)=O)N1Cc2cc(OCCCOCC=O)ccc2C1=O. The number of benzene rings is 1. The number of primary amides is 1. The van der Waals surface area contributed by atoms with E-state index in [2.05, 4.69) is 0 Å². The van der Waals surface area contributed by atoms with Crippen molar-refractivity contribution in [2.24, 2.45) is 5.73 Å². The van der Waals surface area contributed by atoms with Crippen molar-refractivity contribution in [3.05, 3.63) is 29.3 Å². The Kier molecular flexibility index (Phi) is 8.56. The van der Waals surface area contributed by atoms with E-state index in [4.69, 9.17) is 19.9 Å². The second kappa shape index (κ2) is 10.9. The van der Waals surface area contributed by atoms with E-state index in [9.17, 15) is 19.2 Å². The van der Waals surface area contributed by atoms with Crippen LogP contribution in [0.5, 0.6) is 5.75 Å². The van der Waals surface area contributed by atoms with Gasteiger partial charge >= 0.3 is 5.97 Å². The molecular formula is C22H30N2O7. The number of aldehydes is 1. The minimum atomic E-state index is -0.910. The van der Waals surface area contributed by atoms with Crippen LogP contribution in [0.4, 0.5) is 0 Å². The van der Waals surface area contributed by atoms with Gasteiger partial charge in [0, 0.05) is 24.9 Å². The van der Waals surface area contributed by atoms with Gasteiger partial charge in [-0.25, -0.2) is 0 Å². The van der Waals surface area contributed by atoms with E-state index in [1.807, 2.05) is 0 Å². The number of hydrogen-bond acceptors (Lipinski definition) is 7. The molecule has 2 rings (SSSR count). The van der Waals surface area contributed by atoms with E-state index in [1.165, 1.54) is 4.90 Å². The highest BCUT2D eigenvalue weighted by atomic mass is 16.6. The Hall–Kier alpha value is -2.94. The molecule has 1 unspecified atom stereocenters. The maximum absolute atomic E-state index is 12.8. The predicted octanol–water partition coefficient (Wildman–Crippen LogP) is 1.60. The van der Waals surface area contributed by atoms with E-state index in [0.717, 1.165) is 5.56 Å². The molecule has 0 fully saturated rings. The molecule has 1 aromatic rings. The van der Waals surface area contributed by atoms with Gasteiger partial charge in [0.1, 0.15) is 30.3 Å². The molecule has 170 valence electrons. The van der Waals surface area contributed by atoms with E-state index in [-0.39, 0.29) is 31.9 Å². The fraction of sp³-hybridized carbons (Fsp3) is 0.545. The summed E-state index contributed by atoms with van der Waals surface area (Å²) in [5.74, 6) is -0.836. The van der Waals surface area contributed by atoms with Gasteiger partial charge in [-0.1, -0.05) is 0 Å². The Morgan fingerprint density at radius 3 is 2.65 bits per heavy atom. The third-order valence-electron chi connectivity index (χ3n) is 4.54. The monoisotopic (exact) mass is 434 g/mol. The first-order valence-electron chi connectivity index (χ1n) is 10.2. The Morgan fingerprint density at radius 1 is 1.26 bits per heavy atom. The second-order valence-electron chi connectivity index (χ2n) is 8.24. The lowest BCUT2D eigenvalue weighted by molar-refractivity contribution is -0.155. The molecule has 1 aliphatic rings. The number of fused-ring (bicyclic) bond motifs is 1. The number of rotatable bonds is 12. The number of esters is 1. The van der Waals surface area contributed by atoms with E-state index < -0.39 is 23.5 Å². The van der Waals surface area contributed by atoms with Gasteiger partial charge in [-0.15, -0.1) is 0 Å². The van der Waals surface area contributed by atoms with Gasteiger partial charge in [0.25, 0.3) is 5.91 Å². The van der Waals surface area contributed by atoms with Gasteiger partial charge in [0.15, 0.2) is 0 Å². The maximum atomic E-state index is 12.8. The molecule has 9 nitrogen and oxygen atoms in total. The number of amides is 2. The van der Waals surface area contributed by atoms with Crippen LogP contribution in [0.15, 0.2) is 18.2 Å². The van der Waals surface area contributed by atoms with Gasteiger partial charge in [-0.05, 0) is 51.0 Å². The highest BCUT2D eigenvalue weighted by molar-refractivity contribution is 6.01. The zero-order chi connectivity index (χ0) is 23.0. The molecular weight excluding hydrogens is 404 g/mol. The number of carbonyl (C=O) groups is 4. The first kappa shape index (κ1) is 24.3. The molecule has 0 spiro atoms. The highest BCUT2D eigenvalue weighted by Crippen LogP contribution is 2.29. The molecule has 2 N–H and O–H groups in total. The summed E-state index contributed by atoms with van der Waals surface area (Å²) in [6.07, 6.45) is 1.38. The van der Waals surface area contributed by atoms with E-state index >= 15 is 0 Å². The Balaban J connectivity index is 1.96. The van der Waals surface area contributed by atoms with Crippen molar-refractivity contribution in [1.82, 2.24) is 4.90 Å². The number of nitrogens with two attached hydrogens (primary N) is 1. The molecule has 1 atom stereocenters. The van der Waals surface area contributed by atoms with Gasteiger partial charge < -0.3 is 29.6 Å². The van der Waals surface area contributed by atoms with Gasteiger partial charge in [0.05, 0.1) is 13.2 Å². The summed E-state index contributed by atoms with van der Waals surface area (Å²) < 4.78 is 16.0. The van der Waals surface area contributed by atoms with Crippen LogP contribution >= 0.6 is 0 Å². The van der Waals surface area contributed by atoms with Crippen LogP contribution in [0.25, 0.3) is 0 Å². The Bertz CT molecular complexity index is 817. The van der Waals surface area contributed by atoms with Gasteiger partial charge in [-0.2, -0.15) is 0 Å². The molecule has 9 heteroatoms. The van der Waals surface area contributed by atoms with Crippen LogP contribution in [0.2, 0.25) is 0 Å². The van der Waals surface area contributed by atoms with Crippen molar-refractivity contribution in [2.75, 3.05) is 19.8 Å². The molecule has 0 aromatic heterocycles. The number of ether oxygens (including phenoxy) is 3. The standard InChI is InChI=1S/C22H30N2O7/c1-22(2,3)31-19(26)8-7-18(20(23)27)24-14-15-13-16(5-6-17(15)21(24)28)30-11-4-10-29-12-9-25/h5-6,9,13,18H,4,7-8,10-12,14H2,1-3H3,(H2,23,27). The minimum Gasteiger partial charge on any atom is -0.493 e. The number of nitrogens with zero attached hydrogens (tertiary/aromatic N) is 1. The summed E-state index contributed by atoms with van der Waals surface area (Å²) in [4.78, 5) is 48.4. The second-order valence-corrected chi connectivity index (χ2v) is 8.24. The normalized spacial score (nSPS) is 14.2. The summed E-state index contributed by atoms with van der Waals surface area (Å²) >= 11 is 0. The number of hydrogen-bond donors (Lipinski definition) is 1. The average molecular weight is 434 g/mol. The summed E-state index contributed by atoms with van der Waals surface area (Å²) in [5.41, 5.74) is 6.10. The van der Waals surface area contributed by atoms with Crippen LogP contribution in [0, 0.1) is 0 Å². The Labute approximate surface area is 181 Å². The summed E-state index contributed by atoms with van der Waals surface area (Å²) in [5, 5.41) is 0.